The normalized spacial score (nSPS) is 10.1. The van der Waals surface area contributed by atoms with E-state index < -0.39 is 5.97 Å². The summed E-state index contributed by atoms with van der Waals surface area (Å²) in [6, 6.07) is 13.8. The van der Waals surface area contributed by atoms with Crippen molar-refractivity contribution in [3.05, 3.63) is 71.5 Å². The van der Waals surface area contributed by atoms with Crippen LogP contribution in [0.4, 0.5) is 23.0 Å². The highest BCUT2D eigenvalue weighted by Crippen LogP contribution is 2.25. The molecular weight excluding hydrogens is 372 g/mol. The van der Waals surface area contributed by atoms with Crippen LogP contribution in [0.3, 0.4) is 0 Å². The molecule has 0 spiro atoms. The number of aryl methyl sites for hydroxylation is 1. The van der Waals surface area contributed by atoms with Crippen LogP contribution in [0.5, 0.6) is 0 Å². The molecule has 2 aromatic carbocycles. The predicted octanol–water partition coefficient (Wildman–Crippen LogP) is 2.65. The van der Waals surface area contributed by atoms with Crippen LogP contribution < -0.4 is 21.9 Å². The molecule has 0 aliphatic heterocycles. The number of benzene rings is 2. The first-order valence-corrected chi connectivity index (χ1v) is 8.67. The molecule has 3 rings (SSSR count). The van der Waals surface area contributed by atoms with Crippen LogP contribution in [0.15, 0.2) is 54.9 Å². The number of nitrogens with zero attached hydrogens (tertiary/aromatic N) is 2. The lowest BCUT2D eigenvalue weighted by Gasteiger charge is -2.14. The first kappa shape index (κ1) is 19.6. The van der Waals surface area contributed by atoms with Gasteiger partial charge in [0.25, 0.3) is 5.91 Å². The maximum absolute atomic E-state index is 12.3. The number of nitrogen functional groups attached to an aromatic ring is 1. The number of carbonyl (C=O) groups is 2. The van der Waals surface area contributed by atoms with Gasteiger partial charge in [0.05, 0.1) is 12.7 Å². The van der Waals surface area contributed by atoms with E-state index in [4.69, 9.17) is 5.73 Å². The number of methoxy groups -OCH3 is 1. The summed E-state index contributed by atoms with van der Waals surface area (Å²) in [4.78, 5) is 32.0. The van der Waals surface area contributed by atoms with Crippen LogP contribution in [0.25, 0.3) is 0 Å². The first-order chi connectivity index (χ1) is 14.0. The van der Waals surface area contributed by atoms with Crippen LogP contribution in [0.2, 0.25) is 0 Å². The summed E-state index contributed by atoms with van der Waals surface area (Å²) >= 11 is 0. The summed E-state index contributed by atoms with van der Waals surface area (Å²) in [6.45, 7) is 1.85. The van der Waals surface area contributed by atoms with Crippen molar-refractivity contribution in [3.8, 4) is 0 Å². The second-order valence-corrected chi connectivity index (χ2v) is 6.07. The van der Waals surface area contributed by atoms with Gasteiger partial charge in [0, 0.05) is 11.3 Å². The van der Waals surface area contributed by atoms with E-state index in [0.29, 0.717) is 22.6 Å². The van der Waals surface area contributed by atoms with Crippen LogP contribution in [0.1, 0.15) is 26.3 Å². The Morgan fingerprint density at radius 1 is 1.00 bits per heavy atom. The fraction of sp³-hybridized carbons (Fsp3) is 0.100. The summed E-state index contributed by atoms with van der Waals surface area (Å²) in [7, 11) is 1.32. The number of nitrogens with one attached hydrogen (secondary N) is 3. The van der Waals surface area contributed by atoms with Crippen LogP contribution >= 0.6 is 0 Å². The number of ether oxygens (including phenoxy) is 1. The Bertz CT molecular complexity index is 1040. The highest BCUT2D eigenvalue weighted by Gasteiger charge is 2.12. The minimum absolute atomic E-state index is 0.217. The van der Waals surface area contributed by atoms with Gasteiger partial charge in [-0.2, -0.15) is 0 Å². The molecule has 0 aliphatic carbocycles. The SMILES string of the molecule is COC(=O)c1ccc(Nc2ncnc(NNC(=O)c3ccccc3C)c2N)cc1. The van der Waals surface area contributed by atoms with Gasteiger partial charge in [-0.15, -0.1) is 0 Å². The Morgan fingerprint density at radius 2 is 1.69 bits per heavy atom. The van der Waals surface area contributed by atoms with Gasteiger partial charge in [-0.25, -0.2) is 14.8 Å². The molecule has 9 heteroatoms. The Morgan fingerprint density at radius 3 is 2.38 bits per heavy atom. The molecule has 29 heavy (non-hydrogen) atoms. The number of esters is 1. The monoisotopic (exact) mass is 392 g/mol. The lowest BCUT2D eigenvalue weighted by molar-refractivity contribution is 0.0600. The van der Waals surface area contributed by atoms with Gasteiger partial charge >= 0.3 is 5.97 Å². The highest BCUT2D eigenvalue weighted by molar-refractivity contribution is 5.96. The van der Waals surface area contributed by atoms with E-state index in [2.05, 4.69) is 30.9 Å². The number of carbonyl (C=O) groups excluding carboxylic acids is 2. The number of amides is 1. The van der Waals surface area contributed by atoms with Crippen molar-refractivity contribution >= 4 is 34.9 Å². The standard InChI is InChI=1S/C20H20N6O3/c1-12-5-3-4-6-15(12)19(27)26-25-18-16(21)17(22-11-23-18)24-14-9-7-13(8-10-14)20(28)29-2/h3-11H,21H2,1-2H3,(H,26,27)(H2,22,23,24,25). The molecule has 0 bridgehead atoms. The van der Waals surface area contributed by atoms with Gasteiger partial charge in [-0.3, -0.25) is 15.6 Å². The van der Waals surface area contributed by atoms with E-state index in [-0.39, 0.29) is 17.4 Å². The van der Waals surface area contributed by atoms with Crippen molar-refractivity contribution in [1.82, 2.24) is 15.4 Å². The average molecular weight is 392 g/mol. The van der Waals surface area contributed by atoms with E-state index in [9.17, 15) is 9.59 Å². The molecule has 1 heterocycles. The third-order valence-corrected chi connectivity index (χ3v) is 4.14. The fourth-order valence-corrected chi connectivity index (χ4v) is 2.55. The van der Waals surface area contributed by atoms with Gasteiger partial charge in [-0.05, 0) is 42.8 Å². The molecular formula is C20H20N6O3. The maximum Gasteiger partial charge on any atom is 0.337 e. The van der Waals surface area contributed by atoms with Crippen molar-refractivity contribution in [3.63, 3.8) is 0 Å². The van der Waals surface area contributed by atoms with Crippen molar-refractivity contribution in [2.75, 3.05) is 23.6 Å². The van der Waals surface area contributed by atoms with E-state index in [1.165, 1.54) is 13.4 Å². The molecule has 0 atom stereocenters. The molecule has 1 aromatic heterocycles. The third kappa shape index (κ3) is 4.59. The summed E-state index contributed by atoms with van der Waals surface area (Å²) in [5.41, 5.74) is 14.1. The Labute approximate surface area is 167 Å². The molecule has 0 aliphatic rings. The van der Waals surface area contributed by atoms with E-state index in [1.807, 2.05) is 19.1 Å². The number of hydrogen-bond donors (Lipinski definition) is 4. The lowest BCUT2D eigenvalue weighted by Crippen LogP contribution is -2.30. The Balaban J connectivity index is 1.70. The smallest absolute Gasteiger partial charge is 0.337 e. The summed E-state index contributed by atoms with van der Waals surface area (Å²) < 4.78 is 4.67. The van der Waals surface area contributed by atoms with Crippen molar-refractivity contribution in [1.29, 1.82) is 0 Å². The number of hydrazine groups is 1. The minimum atomic E-state index is -0.422. The Hall–Kier alpha value is -4.14. The third-order valence-electron chi connectivity index (χ3n) is 4.14. The zero-order valence-corrected chi connectivity index (χ0v) is 15.9. The van der Waals surface area contributed by atoms with Gasteiger partial charge in [0.2, 0.25) is 0 Å². The molecule has 0 fully saturated rings. The number of aromatic nitrogens is 2. The molecule has 0 saturated carbocycles. The Kier molecular flexibility index (Phi) is 5.88. The van der Waals surface area contributed by atoms with Gasteiger partial charge in [0.1, 0.15) is 12.0 Å². The largest absolute Gasteiger partial charge is 0.465 e. The van der Waals surface area contributed by atoms with Crippen molar-refractivity contribution in [2.45, 2.75) is 6.92 Å². The number of anilines is 4. The molecule has 5 N–H and O–H groups in total. The number of rotatable bonds is 6. The summed E-state index contributed by atoms with van der Waals surface area (Å²) in [5, 5.41) is 3.04. The molecule has 3 aromatic rings. The van der Waals surface area contributed by atoms with Gasteiger partial charge in [0.15, 0.2) is 11.6 Å². The topological polar surface area (TPSA) is 131 Å². The average Bonchev–Trinajstić information content (AvgIpc) is 2.74. The second kappa shape index (κ2) is 8.70. The first-order valence-electron chi connectivity index (χ1n) is 8.67. The number of hydrogen-bond acceptors (Lipinski definition) is 8. The molecule has 0 unspecified atom stereocenters. The molecule has 1 amide bonds. The van der Waals surface area contributed by atoms with E-state index >= 15 is 0 Å². The quantitative estimate of drug-likeness (QED) is 0.372. The molecule has 0 radical (unpaired) electrons. The van der Waals surface area contributed by atoms with Crippen molar-refractivity contribution in [2.24, 2.45) is 0 Å². The van der Waals surface area contributed by atoms with Gasteiger partial charge in [-0.1, -0.05) is 18.2 Å². The fourth-order valence-electron chi connectivity index (χ4n) is 2.55. The van der Waals surface area contributed by atoms with Crippen LogP contribution in [-0.4, -0.2) is 29.0 Å². The number of nitrogens with two attached hydrogens (primary N) is 1. The predicted molar refractivity (Wildman–Crippen MR) is 110 cm³/mol. The van der Waals surface area contributed by atoms with Gasteiger partial charge < -0.3 is 15.8 Å². The minimum Gasteiger partial charge on any atom is -0.465 e. The molecule has 148 valence electrons. The van der Waals surface area contributed by atoms with E-state index in [1.54, 1.807) is 36.4 Å². The maximum atomic E-state index is 12.3. The highest BCUT2D eigenvalue weighted by atomic mass is 16.5. The van der Waals surface area contributed by atoms with Crippen molar-refractivity contribution < 1.29 is 14.3 Å². The van der Waals surface area contributed by atoms with Crippen LogP contribution in [0, 0.1) is 6.92 Å². The van der Waals surface area contributed by atoms with E-state index in [0.717, 1.165) is 5.56 Å². The lowest BCUT2D eigenvalue weighted by atomic mass is 10.1. The zero-order chi connectivity index (χ0) is 20.8. The summed E-state index contributed by atoms with van der Waals surface area (Å²) in [6.07, 6.45) is 1.31. The zero-order valence-electron chi connectivity index (χ0n) is 15.9. The molecule has 0 saturated heterocycles. The second-order valence-electron chi connectivity index (χ2n) is 6.07. The van der Waals surface area contributed by atoms with Crippen LogP contribution in [-0.2, 0) is 4.74 Å². The molecule has 9 nitrogen and oxygen atoms in total. The summed E-state index contributed by atoms with van der Waals surface area (Å²) in [5.74, 6) is -0.142.